The Morgan fingerprint density at radius 3 is 2.77 bits per heavy atom. The summed E-state index contributed by atoms with van der Waals surface area (Å²) in [5.41, 5.74) is 6.61. The number of anilines is 3. The van der Waals surface area contributed by atoms with Crippen molar-refractivity contribution in [2.45, 2.75) is 74.2 Å². The van der Waals surface area contributed by atoms with Crippen LogP contribution in [0.3, 0.4) is 0 Å². The van der Waals surface area contributed by atoms with Gasteiger partial charge in [-0.05, 0) is 44.7 Å². The molecule has 40 heavy (non-hydrogen) atoms. The van der Waals surface area contributed by atoms with Crippen molar-refractivity contribution in [2.24, 2.45) is 0 Å². The maximum atomic E-state index is 14.3. The number of alkyl halides is 1. The van der Waals surface area contributed by atoms with Crippen molar-refractivity contribution in [3.8, 4) is 12.1 Å². The fourth-order valence-corrected chi connectivity index (χ4v) is 9.00. The van der Waals surface area contributed by atoms with Crippen molar-refractivity contribution in [1.82, 2.24) is 19.9 Å². The Morgan fingerprint density at radius 1 is 1.20 bits per heavy atom. The highest BCUT2D eigenvalue weighted by Gasteiger charge is 2.53. The number of aliphatic hydroxyl groups is 2. The number of β-amino-alcohol motifs (C(OH)–C–C–N with tert-alkyl or cyclic N) is 1. The zero-order valence-corrected chi connectivity index (χ0v) is 23.5. The number of nitrogen functional groups attached to an aromatic ring is 1. The van der Waals surface area contributed by atoms with Crippen LogP contribution in [0.4, 0.5) is 21.3 Å². The third kappa shape index (κ3) is 3.87. The number of hydrogen-bond donors (Lipinski definition) is 3. The number of fused-ring (bicyclic) bond motifs is 3. The molecule has 0 saturated carbocycles. The molecule has 13 heteroatoms. The standard InChI is InChI=1S/C27H35FN8O3S/c1-25(14-37)8-17(38)11-36(25)23-31-22(32-24(33-23)39-15-27-4-2-6-35(27)10-16(28)7-27)34-12-26(13-34)5-3-19-20(26)18(9-29)21(30)40-19/h16-17,37-38H,2-8,10-15,30H2,1H3/t16-,17+,25+,27+/m1/s1. The molecule has 4 atom stereocenters. The van der Waals surface area contributed by atoms with Gasteiger partial charge in [-0.1, -0.05) is 0 Å². The van der Waals surface area contributed by atoms with Crippen LogP contribution in [-0.4, -0.2) is 99.4 Å². The van der Waals surface area contributed by atoms with Gasteiger partial charge in [0.15, 0.2) is 0 Å². The van der Waals surface area contributed by atoms with Crippen LogP contribution >= 0.6 is 11.3 Å². The number of aryl methyl sites for hydroxylation is 1. The molecule has 5 aliphatic rings. The Kier molecular flexibility index (Phi) is 5.95. The van der Waals surface area contributed by atoms with Crippen LogP contribution in [0.25, 0.3) is 0 Å². The molecule has 7 rings (SSSR count). The molecule has 4 saturated heterocycles. The number of ether oxygens (including phenoxy) is 1. The summed E-state index contributed by atoms with van der Waals surface area (Å²) in [4.78, 5) is 21.4. The van der Waals surface area contributed by atoms with Crippen LogP contribution in [0, 0.1) is 11.3 Å². The highest BCUT2D eigenvalue weighted by molar-refractivity contribution is 7.16. The van der Waals surface area contributed by atoms with Gasteiger partial charge >= 0.3 is 6.01 Å². The molecule has 1 spiro atoms. The van der Waals surface area contributed by atoms with E-state index in [0.29, 0.717) is 61.5 Å². The summed E-state index contributed by atoms with van der Waals surface area (Å²) in [5.74, 6) is 0.798. The first kappa shape index (κ1) is 26.1. The van der Waals surface area contributed by atoms with Crippen LogP contribution < -0.4 is 20.3 Å². The average Bonchev–Trinajstić information content (AvgIpc) is 3.67. The molecule has 0 radical (unpaired) electrons. The summed E-state index contributed by atoms with van der Waals surface area (Å²) in [6.07, 6.45) is 3.10. The molecule has 11 nitrogen and oxygen atoms in total. The van der Waals surface area contributed by atoms with Gasteiger partial charge in [-0.2, -0.15) is 20.2 Å². The topological polar surface area (TPSA) is 148 Å². The second kappa shape index (κ2) is 9.11. The lowest BCUT2D eigenvalue weighted by Crippen LogP contribution is -2.59. The molecule has 0 aromatic carbocycles. The minimum absolute atomic E-state index is 0.158. The zero-order valence-electron chi connectivity index (χ0n) is 22.6. The van der Waals surface area contributed by atoms with Gasteiger partial charge in [-0.3, -0.25) is 4.90 Å². The number of nitrogens with two attached hydrogens (primary N) is 1. The van der Waals surface area contributed by atoms with Crippen molar-refractivity contribution < 1.29 is 19.3 Å². The van der Waals surface area contributed by atoms with Gasteiger partial charge in [0.2, 0.25) is 11.9 Å². The Hall–Kier alpha value is -2.79. The molecular formula is C27H35FN8O3S. The third-order valence-electron chi connectivity index (χ3n) is 9.88. The van der Waals surface area contributed by atoms with Crippen LogP contribution in [0.1, 0.15) is 55.0 Å². The third-order valence-corrected chi connectivity index (χ3v) is 11.0. The lowest BCUT2D eigenvalue weighted by Gasteiger charge is -2.48. The average molecular weight is 571 g/mol. The summed E-state index contributed by atoms with van der Waals surface area (Å²) in [7, 11) is 0. The summed E-state index contributed by atoms with van der Waals surface area (Å²) in [6.45, 7) is 4.90. The van der Waals surface area contributed by atoms with Gasteiger partial charge < -0.3 is 30.5 Å². The predicted octanol–water partition coefficient (Wildman–Crippen LogP) is 1.37. The molecule has 0 unspecified atom stereocenters. The van der Waals surface area contributed by atoms with Gasteiger partial charge in [-0.15, -0.1) is 11.3 Å². The number of halogens is 1. The highest BCUT2D eigenvalue weighted by Crippen LogP contribution is 2.52. The molecule has 0 amide bonds. The number of rotatable bonds is 6. The number of aromatic nitrogens is 3. The highest BCUT2D eigenvalue weighted by atomic mass is 32.1. The van der Waals surface area contributed by atoms with Crippen molar-refractivity contribution >= 4 is 28.2 Å². The van der Waals surface area contributed by atoms with Gasteiger partial charge in [0, 0.05) is 49.3 Å². The number of aliphatic hydroxyl groups excluding tert-OH is 2. The van der Waals surface area contributed by atoms with E-state index in [2.05, 4.69) is 20.9 Å². The van der Waals surface area contributed by atoms with E-state index in [1.807, 2.05) is 11.8 Å². The van der Waals surface area contributed by atoms with Gasteiger partial charge in [0.05, 0.1) is 29.4 Å². The smallest absolute Gasteiger partial charge is 0.323 e. The molecule has 2 aromatic rings. The first-order valence-electron chi connectivity index (χ1n) is 14.1. The van der Waals surface area contributed by atoms with Crippen molar-refractivity contribution in [2.75, 3.05) is 61.5 Å². The van der Waals surface area contributed by atoms with Crippen LogP contribution in [0.2, 0.25) is 0 Å². The molecule has 1 aliphatic carbocycles. The maximum Gasteiger partial charge on any atom is 0.323 e. The minimum atomic E-state index is -0.859. The van der Waals surface area contributed by atoms with E-state index in [9.17, 15) is 19.9 Å². The van der Waals surface area contributed by atoms with E-state index >= 15 is 0 Å². The van der Waals surface area contributed by atoms with Gasteiger partial charge in [0.1, 0.15) is 23.8 Å². The molecule has 0 bridgehead atoms. The summed E-state index contributed by atoms with van der Waals surface area (Å²) in [6, 6.07) is 2.48. The molecule has 214 valence electrons. The molecule has 4 aliphatic heterocycles. The van der Waals surface area contributed by atoms with E-state index in [1.54, 1.807) is 0 Å². The van der Waals surface area contributed by atoms with Crippen LogP contribution in [0.15, 0.2) is 0 Å². The Labute approximate surface area is 236 Å². The van der Waals surface area contributed by atoms with Crippen LogP contribution in [-0.2, 0) is 11.8 Å². The summed E-state index contributed by atoms with van der Waals surface area (Å²) >= 11 is 1.52. The van der Waals surface area contributed by atoms with E-state index in [1.165, 1.54) is 16.2 Å². The first-order chi connectivity index (χ1) is 19.2. The number of hydrogen-bond acceptors (Lipinski definition) is 12. The molecular weight excluding hydrogens is 535 g/mol. The first-order valence-corrected chi connectivity index (χ1v) is 14.9. The lowest BCUT2D eigenvalue weighted by atomic mass is 9.74. The van der Waals surface area contributed by atoms with Crippen molar-refractivity contribution in [3.05, 3.63) is 16.0 Å². The second-order valence-corrected chi connectivity index (χ2v) is 13.7. The van der Waals surface area contributed by atoms with E-state index in [-0.39, 0.29) is 30.1 Å². The Bertz CT molecular complexity index is 1380. The zero-order chi connectivity index (χ0) is 27.9. The van der Waals surface area contributed by atoms with Crippen LogP contribution in [0.5, 0.6) is 6.01 Å². The quantitative estimate of drug-likeness (QED) is 0.462. The largest absolute Gasteiger partial charge is 0.461 e. The second-order valence-electron chi connectivity index (χ2n) is 12.6. The SMILES string of the molecule is C[C@@]1(CO)C[C@H](O)CN1c1nc(OC[C@@]23CCCN2C[C@H](F)C3)nc(N2CC3(CCc4sc(N)c(C#N)c43)C2)n1. The van der Waals surface area contributed by atoms with E-state index in [0.717, 1.165) is 37.8 Å². The fourth-order valence-electron chi connectivity index (χ4n) is 7.86. The number of nitriles is 1. The maximum absolute atomic E-state index is 14.3. The monoisotopic (exact) mass is 570 g/mol. The number of nitrogens with zero attached hydrogens (tertiary/aromatic N) is 7. The van der Waals surface area contributed by atoms with Crippen molar-refractivity contribution in [1.29, 1.82) is 5.26 Å². The summed E-state index contributed by atoms with van der Waals surface area (Å²) < 4.78 is 20.6. The lowest BCUT2D eigenvalue weighted by molar-refractivity contribution is 0.107. The Morgan fingerprint density at radius 2 is 2.00 bits per heavy atom. The van der Waals surface area contributed by atoms with Crippen molar-refractivity contribution in [3.63, 3.8) is 0 Å². The minimum Gasteiger partial charge on any atom is -0.461 e. The molecule has 6 heterocycles. The molecule has 4 fully saturated rings. The number of thiophene rings is 1. The van der Waals surface area contributed by atoms with Gasteiger partial charge in [0.25, 0.3) is 0 Å². The normalized spacial score (nSPS) is 32.4. The molecule has 4 N–H and O–H groups in total. The summed E-state index contributed by atoms with van der Waals surface area (Å²) in [5, 5.41) is 31.0. The van der Waals surface area contributed by atoms with E-state index in [4.69, 9.17) is 20.4 Å². The van der Waals surface area contributed by atoms with Gasteiger partial charge in [-0.25, -0.2) is 4.39 Å². The Balaban J connectivity index is 1.19. The van der Waals surface area contributed by atoms with E-state index < -0.39 is 17.8 Å². The molecule has 2 aromatic heterocycles. The predicted molar refractivity (Wildman–Crippen MR) is 147 cm³/mol. The fraction of sp³-hybridized carbons (Fsp3) is 0.704.